The quantitative estimate of drug-likeness (QED) is 0.707. The first-order valence-corrected chi connectivity index (χ1v) is 13.0. The highest BCUT2D eigenvalue weighted by atomic mass is 16.2. The number of piperidine rings is 2. The summed E-state index contributed by atoms with van der Waals surface area (Å²) >= 11 is 0. The van der Waals surface area contributed by atoms with E-state index >= 15 is 0 Å². The van der Waals surface area contributed by atoms with E-state index in [4.69, 9.17) is 9.97 Å². The lowest BCUT2D eigenvalue weighted by atomic mass is 9.98. The molecule has 2 amide bonds. The van der Waals surface area contributed by atoms with Gasteiger partial charge in [0.25, 0.3) is 0 Å². The minimum absolute atomic E-state index is 0.0539. The Bertz CT molecular complexity index is 1010. The molecule has 2 fully saturated rings. The molecule has 0 atom stereocenters. The van der Waals surface area contributed by atoms with Crippen molar-refractivity contribution in [1.82, 2.24) is 14.9 Å². The number of aryl methyl sites for hydroxylation is 1. The third kappa shape index (κ3) is 4.98. The Morgan fingerprint density at radius 2 is 1.50 bits per heavy atom. The van der Waals surface area contributed by atoms with Gasteiger partial charge in [-0.05, 0) is 56.6 Å². The van der Waals surface area contributed by atoms with E-state index in [0.717, 1.165) is 73.1 Å². The molecule has 7 heteroatoms. The first-order valence-electron chi connectivity index (χ1n) is 13.0. The summed E-state index contributed by atoms with van der Waals surface area (Å²) < 4.78 is 0. The predicted molar refractivity (Wildman–Crippen MR) is 138 cm³/mol. The molecular weight excluding hydrogens is 424 g/mol. The van der Waals surface area contributed by atoms with Gasteiger partial charge in [0.05, 0.1) is 12.2 Å². The van der Waals surface area contributed by atoms with Gasteiger partial charge in [-0.25, -0.2) is 9.78 Å². The summed E-state index contributed by atoms with van der Waals surface area (Å²) in [5.41, 5.74) is 4.27. The molecular formula is C27H38N6O. The number of fused-ring (bicyclic) bond motifs is 1. The fourth-order valence-electron chi connectivity index (χ4n) is 5.23. The van der Waals surface area contributed by atoms with Crippen LogP contribution >= 0.6 is 0 Å². The normalized spacial score (nSPS) is 19.8. The number of hydrogen-bond acceptors (Lipinski definition) is 5. The molecule has 0 radical (unpaired) electrons. The molecule has 1 N–H and O–H groups in total. The van der Waals surface area contributed by atoms with Crippen LogP contribution in [0.4, 0.5) is 22.2 Å². The number of nitrogens with zero attached hydrogens (tertiary/aromatic N) is 5. The summed E-state index contributed by atoms with van der Waals surface area (Å²) in [6, 6.07) is 7.91. The molecule has 0 unspecified atom stereocenters. The number of benzene rings is 1. The minimum atomic E-state index is -0.0539. The van der Waals surface area contributed by atoms with Crippen molar-refractivity contribution < 1.29 is 4.79 Å². The first-order chi connectivity index (χ1) is 16.5. The molecule has 2 saturated heterocycles. The summed E-state index contributed by atoms with van der Waals surface area (Å²) in [4.78, 5) is 30.0. The molecule has 3 aliphatic rings. The molecule has 7 nitrogen and oxygen atoms in total. The molecule has 0 bridgehead atoms. The average Bonchev–Trinajstić information content (AvgIpc) is 2.85. The zero-order valence-corrected chi connectivity index (χ0v) is 20.9. The first kappa shape index (κ1) is 22.9. The Kier molecular flexibility index (Phi) is 6.61. The van der Waals surface area contributed by atoms with Gasteiger partial charge in [-0.3, -0.25) is 0 Å². The van der Waals surface area contributed by atoms with Crippen molar-refractivity contribution in [2.45, 2.75) is 59.4 Å². The topological polar surface area (TPSA) is 64.6 Å². The number of urea groups is 1. The maximum Gasteiger partial charge on any atom is 0.322 e. The van der Waals surface area contributed by atoms with Crippen LogP contribution in [0.25, 0.3) is 0 Å². The van der Waals surface area contributed by atoms with E-state index in [1.54, 1.807) is 0 Å². The molecule has 3 aliphatic heterocycles. The van der Waals surface area contributed by atoms with Gasteiger partial charge in [-0.1, -0.05) is 31.5 Å². The second kappa shape index (κ2) is 9.80. The lowest BCUT2D eigenvalue weighted by Gasteiger charge is -2.37. The van der Waals surface area contributed by atoms with Crippen LogP contribution in [0, 0.1) is 18.8 Å². The minimum Gasteiger partial charge on any atom is -0.356 e. The van der Waals surface area contributed by atoms with Crippen LogP contribution in [-0.4, -0.2) is 53.6 Å². The maximum atomic E-state index is 13.1. The second-order valence-electron chi connectivity index (χ2n) is 10.6. The fraction of sp³-hybridized carbons (Fsp3) is 0.593. The van der Waals surface area contributed by atoms with Crippen LogP contribution in [0.5, 0.6) is 0 Å². The Morgan fingerprint density at radius 3 is 2.15 bits per heavy atom. The maximum absolute atomic E-state index is 13.1. The SMILES string of the molecule is Cc1ccc(NC(=O)N2CCc3nc(N4CCC(C)CC4)nc(N4CCC(C)CC4)c3C2)cc1. The van der Waals surface area contributed by atoms with Crippen molar-refractivity contribution in [2.24, 2.45) is 11.8 Å². The van der Waals surface area contributed by atoms with E-state index < -0.39 is 0 Å². The van der Waals surface area contributed by atoms with E-state index in [1.165, 1.54) is 31.2 Å². The molecule has 34 heavy (non-hydrogen) atoms. The average molecular weight is 463 g/mol. The highest BCUT2D eigenvalue weighted by Crippen LogP contribution is 2.33. The fourth-order valence-corrected chi connectivity index (χ4v) is 5.23. The Hall–Kier alpha value is -2.83. The molecule has 182 valence electrons. The standard InChI is InChI=1S/C27H38N6O/c1-19-4-6-22(7-5-19)28-27(34)33-17-12-24-23(18-33)25(31-13-8-20(2)9-14-31)30-26(29-24)32-15-10-21(3)11-16-32/h4-7,20-21H,8-18H2,1-3H3,(H,28,34). The number of carbonyl (C=O) groups is 1. The highest BCUT2D eigenvalue weighted by Gasteiger charge is 2.30. The van der Waals surface area contributed by atoms with E-state index in [1.807, 2.05) is 29.2 Å². The van der Waals surface area contributed by atoms with Crippen LogP contribution in [-0.2, 0) is 13.0 Å². The summed E-state index contributed by atoms with van der Waals surface area (Å²) in [5, 5.41) is 3.07. The molecule has 0 saturated carbocycles. The third-order valence-electron chi connectivity index (χ3n) is 7.77. The summed E-state index contributed by atoms with van der Waals surface area (Å²) in [5.74, 6) is 3.47. The number of carbonyl (C=O) groups excluding carboxylic acids is 1. The molecule has 0 aliphatic carbocycles. The molecule has 5 rings (SSSR count). The van der Waals surface area contributed by atoms with Crippen LogP contribution in [0.1, 0.15) is 56.4 Å². The third-order valence-corrected chi connectivity index (χ3v) is 7.77. The van der Waals surface area contributed by atoms with Gasteiger partial charge >= 0.3 is 6.03 Å². The van der Waals surface area contributed by atoms with Crippen LogP contribution in [0.2, 0.25) is 0 Å². The molecule has 2 aromatic rings. The lowest BCUT2D eigenvalue weighted by Crippen LogP contribution is -2.42. The number of aromatic nitrogens is 2. The molecule has 1 aromatic heterocycles. The Labute approximate surface area is 203 Å². The monoisotopic (exact) mass is 462 g/mol. The van der Waals surface area contributed by atoms with Gasteiger partial charge in [0.2, 0.25) is 5.95 Å². The van der Waals surface area contributed by atoms with Crippen LogP contribution < -0.4 is 15.1 Å². The van der Waals surface area contributed by atoms with Crippen LogP contribution in [0.15, 0.2) is 24.3 Å². The van der Waals surface area contributed by atoms with Gasteiger partial charge in [0.1, 0.15) is 5.82 Å². The van der Waals surface area contributed by atoms with Gasteiger partial charge in [-0.15, -0.1) is 0 Å². The number of nitrogens with one attached hydrogen (secondary N) is 1. The van der Waals surface area contributed by atoms with E-state index in [9.17, 15) is 4.79 Å². The summed E-state index contributed by atoms with van der Waals surface area (Å²) in [6.45, 7) is 12.1. The molecule has 1 aromatic carbocycles. The molecule has 4 heterocycles. The number of anilines is 3. The van der Waals surface area contributed by atoms with Crippen molar-refractivity contribution in [1.29, 1.82) is 0 Å². The zero-order valence-electron chi connectivity index (χ0n) is 20.9. The summed E-state index contributed by atoms with van der Waals surface area (Å²) in [6.07, 6.45) is 5.54. The lowest BCUT2D eigenvalue weighted by molar-refractivity contribution is 0.206. The van der Waals surface area contributed by atoms with E-state index in [-0.39, 0.29) is 6.03 Å². The van der Waals surface area contributed by atoms with Crippen LogP contribution in [0.3, 0.4) is 0 Å². The number of amides is 2. The zero-order chi connectivity index (χ0) is 23.7. The smallest absolute Gasteiger partial charge is 0.322 e. The highest BCUT2D eigenvalue weighted by molar-refractivity contribution is 5.89. The van der Waals surface area contributed by atoms with Crippen molar-refractivity contribution in [3.05, 3.63) is 41.1 Å². The van der Waals surface area contributed by atoms with Crippen molar-refractivity contribution >= 4 is 23.5 Å². The van der Waals surface area contributed by atoms with Gasteiger partial charge in [0, 0.05) is 50.4 Å². The predicted octanol–water partition coefficient (Wildman–Crippen LogP) is 4.85. The van der Waals surface area contributed by atoms with E-state index in [2.05, 4.69) is 35.9 Å². The second-order valence-corrected chi connectivity index (χ2v) is 10.6. The van der Waals surface area contributed by atoms with Crippen molar-refractivity contribution in [3.8, 4) is 0 Å². The van der Waals surface area contributed by atoms with Gasteiger partial charge in [-0.2, -0.15) is 4.98 Å². The van der Waals surface area contributed by atoms with Crippen molar-refractivity contribution in [2.75, 3.05) is 47.8 Å². The number of rotatable bonds is 3. The largest absolute Gasteiger partial charge is 0.356 e. The van der Waals surface area contributed by atoms with Gasteiger partial charge in [0.15, 0.2) is 0 Å². The number of hydrogen-bond donors (Lipinski definition) is 1. The molecule has 0 spiro atoms. The Morgan fingerprint density at radius 1 is 0.882 bits per heavy atom. The van der Waals surface area contributed by atoms with Crippen molar-refractivity contribution in [3.63, 3.8) is 0 Å². The Balaban J connectivity index is 1.40. The summed E-state index contributed by atoms with van der Waals surface area (Å²) in [7, 11) is 0. The van der Waals surface area contributed by atoms with Gasteiger partial charge < -0.3 is 20.0 Å². The van der Waals surface area contributed by atoms with E-state index in [0.29, 0.717) is 13.1 Å².